The Hall–Kier alpha value is -1.22. The molecule has 0 bridgehead atoms. The molecule has 1 aliphatic carbocycles. The number of likely N-dealkylation sites (N-methyl/N-ethyl adjacent to an activating group) is 1. The second-order valence-electron chi connectivity index (χ2n) is 5.45. The van der Waals surface area contributed by atoms with Gasteiger partial charge in [0.25, 0.3) is 0 Å². The molecule has 0 saturated heterocycles. The van der Waals surface area contributed by atoms with Gasteiger partial charge in [-0.1, -0.05) is 25.3 Å². The molecule has 112 valence electrons. The second kappa shape index (κ2) is 8.15. The molecule has 3 heteroatoms. The summed E-state index contributed by atoms with van der Waals surface area (Å²) in [6.45, 7) is 2.69. The van der Waals surface area contributed by atoms with E-state index in [2.05, 4.69) is 5.32 Å². The molecule has 0 aliphatic heterocycles. The number of hydrogen-bond donors (Lipinski definition) is 1. The maximum Gasteiger partial charge on any atom is 0.123 e. The van der Waals surface area contributed by atoms with Crippen LogP contribution in [0.1, 0.15) is 45.4 Å². The quantitative estimate of drug-likeness (QED) is 0.888. The highest BCUT2D eigenvalue weighted by Crippen LogP contribution is 2.25. The third-order valence-corrected chi connectivity index (χ3v) is 3.98. The van der Waals surface area contributed by atoms with Gasteiger partial charge in [0.2, 0.25) is 0 Å². The minimum absolute atomic E-state index is 0.261. The summed E-state index contributed by atoms with van der Waals surface area (Å²) in [6.07, 6.45) is 7.83. The lowest BCUT2D eigenvalue weighted by Crippen LogP contribution is -2.41. The molecule has 2 rings (SSSR count). The van der Waals surface area contributed by atoms with Gasteiger partial charge in [0, 0.05) is 12.1 Å². The van der Waals surface area contributed by atoms with Crippen LogP contribution in [0.4, 0.5) is 0 Å². The van der Waals surface area contributed by atoms with Crippen LogP contribution in [-0.4, -0.2) is 25.8 Å². The zero-order chi connectivity index (χ0) is 14.2. The molecule has 20 heavy (non-hydrogen) atoms. The first kappa shape index (κ1) is 15.2. The molecule has 0 spiro atoms. The van der Waals surface area contributed by atoms with Crippen molar-refractivity contribution in [1.29, 1.82) is 0 Å². The van der Waals surface area contributed by atoms with Crippen molar-refractivity contribution in [2.45, 2.75) is 57.6 Å². The van der Waals surface area contributed by atoms with E-state index in [1.54, 1.807) is 0 Å². The second-order valence-corrected chi connectivity index (χ2v) is 5.45. The van der Waals surface area contributed by atoms with Crippen molar-refractivity contribution < 1.29 is 9.47 Å². The zero-order valence-corrected chi connectivity index (χ0v) is 12.7. The Labute approximate surface area is 122 Å². The first-order valence-electron chi connectivity index (χ1n) is 7.90. The Morgan fingerprint density at radius 3 is 2.60 bits per heavy atom. The van der Waals surface area contributed by atoms with Crippen molar-refractivity contribution in [3.05, 3.63) is 24.3 Å². The summed E-state index contributed by atoms with van der Waals surface area (Å²) in [4.78, 5) is 0. The fourth-order valence-electron chi connectivity index (χ4n) is 2.90. The summed E-state index contributed by atoms with van der Waals surface area (Å²) in [5.74, 6) is 1.80. The number of rotatable bonds is 5. The highest BCUT2D eigenvalue weighted by atomic mass is 16.5. The van der Waals surface area contributed by atoms with Gasteiger partial charge >= 0.3 is 0 Å². The summed E-state index contributed by atoms with van der Waals surface area (Å²) >= 11 is 0. The Morgan fingerprint density at radius 1 is 1.10 bits per heavy atom. The molecular weight excluding hydrogens is 250 g/mol. The molecular formula is C17H27NO2. The molecule has 1 N–H and O–H groups in total. The summed E-state index contributed by atoms with van der Waals surface area (Å²) in [5, 5.41) is 3.43. The molecule has 3 nitrogen and oxygen atoms in total. The Balaban J connectivity index is 2.02. The van der Waals surface area contributed by atoms with Gasteiger partial charge in [-0.05, 0) is 45.4 Å². The lowest BCUT2D eigenvalue weighted by molar-refractivity contribution is 0.130. The van der Waals surface area contributed by atoms with Crippen LogP contribution in [0.15, 0.2) is 24.3 Å². The van der Waals surface area contributed by atoms with Crippen molar-refractivity contribution in [3.63, 3.8) is 0 Å². The Kier molecular flexibility index (Phi) is 6.19. The molecule has 1 aliphatic rings. The zero-order valence-electron chi connectivity index (χ0n) is 12.7. The van der Waals surface area contributed by atoms with Gasteiger partial charge in [-0.15, -0.1) is 0 Å². The highest BCUT2D eigenvalue weighted by molar-refractivity contribution is 5.33. The largest absolute Gasteiger partial charge is 0.494 e. The molecule has 0 radical (unpaired) electrons. The standard InChI is InChI=1S/C17H27NO2/c1-3-19-14-9-8-10-15(13-14)20-17-12-7-5-4-6-11-16(17)18-2/h8-10,13,16-18H,3-7,11-12H2,1-2H3. The van der Waals surface area contributed by atoms with E-state index in [-0.39, 0.29) is 6.10 Å². The topological polar surface area (TPSA) is 30.5 Å². The minimum Gasteiger partial charge on any atom is -0.494 e. The minimum atomic E-state index is 0.261. The normalized spacial score (nSPS) is 23.7. The molecule has 2 unspecified atom stereocenters. The molecule has 1 aromatic rings. The SMILES string of the molecule is CCOc1cccc(OC2CCCCCCC2NC)c1. The van der Waals surface area contributed by atoms with E-state index in [9.17, 15) is 0 Å². The van der Waals surface area contributed by atoms with Gasteiger partial charge in [-0.25, -0.2) is 0 Å². The lowest BCUT2D eigenvalue weighted by atomic mass is 9.94. The van der Waals surface area contributed by atoms with Crippen LogP contribution in [0.25, 0.3) is 0 Å². The summed E-state index contributed by atoms with van der Waals surface area (Å²) < 4.78 is 11.8. The third kappa shape index (κ3) is 4.41. The molecule has 2 atom stereocenters. The number of hydrogen-bond acceptors (Lipinski definition) is 3. The van der Waals surface area contributed by atoms with Gasteiger partial charge in [0.1, 0.15) is 17.6 Å². The molecule has 1 aromatic carbocycles. The highest BCUT2D eigenvalue weighted by Gasteiger charge is 2.23. The van der Waals surface area contributed by atoms with Crippen molar-refractivity contribution in [3.8, 4) is 11.5 Å². The van der Waals surface area contributed by atoms with Crippen LogP contribution < -0.4 is 14.8 Å². The van der Waals surface area contributed by atoms with Crippen LogP contribution in [0, 0.1) is 0 Å². The van der Waals surface area contributed by atoms with E-state index >= 15 is 0 Å². The fraction of sp³-hybridized carbons (Fsp3) is 0.647. The van der Waals surface area contributed by atoms with Crippen molar-refractivity contribution in [2.75, 3.05) is 13.7 Å². The van der Waals surface area contributed by atoms with E-state index in [0.29, 0.717) is 12.6 Å². The number of nitrogens with one attached hydrogen (secondary N) is 1. The summed E-state index contributed by atoms with van der Waals surface area (Å²) in [5.41, 5.74) is 0. The van der Waals surface area contributed by atoms with E-state index in [1.165, 1.54) is 32.1 Å². The van der Waals surface area contributed by atoms with Gasteiger partial charge in [-0.2, -0.15) is 0 Å². The van der Waals surface area contributed by atoms with Gasteiger partial charge < -0.3 is 14.8 Å². The van der Waals surface area contributed by atoms with Crippen molar-refractivity contribution >= 4 is 0 Å². The van der Waals surface area contributed by atoms with Crippen LogP contribution in [0.2, 0.25) is 0 Å². The average molecular weight is 277 g/mol. The Morgan fingerprint density at radius 2 is 1.85 bits per heavy atom. The first-order valence-corrected chi connectivity index (χ1v) is 7.90. The molecule has 1 fully saturated rings. The monoisotopic (exact) mass is 277 g/mol. The average Bonchev–Trinajstić information content (AvgIpc) is 2.43. The van der Waals surface area contributed by atoms with Crippen molar-refractivity contribution in [1.82, 2.24) is 5.32 Å². The van der Waals surface area contributed by atoms with E-state index in [4.69, 9.17) is 9.47 Å². The smallest absolute Gasteiger partial charge is 0.123 e. The van der Waals surface area contributed by atoms with Crippen LogP contribution in [0.3, 0.4) is 0 Å². The molecule has 1 saturated carbocycles. The van der Waals surface area contributed by atoms with E-state index in [0.717, 1.165) is 17.9 Å². The summed E-state index contributed by atoms with van der Waals surface area (Å²) in [7, 11) is 2.04. The number of ether oxygens (including phenoxy) is 2. The van der Waals surface area contributed by atoms with Crippen molar-refractivity contribution in [2.24, 2.45) is 0 Å². The molecule has 0 amide bonds. The summed E-state index contributed by atoms with van der Waals surface area (Å²) in [6, 6.07) is 8.44. The lowest BCUT2D eigenvalue weighted by Gasteiger charge is -2.29. The van der Waals surface area contributed by atoms with Gasteiger partial charge in [0.15, 0.2) is 0 Å². The molecule has 0 heterocycles. The predicted octanol–water partition coefficient (Wildman–Crippen LogP) is 3.77. The number of benzene rings is 1. The Bertz CT molecular complexity index is 394. The van der Waals surface area contributed by atoms with E-state index in [1.807, 2.05) is 38.2 Å². The van der Waals surface area contributed by atoms with Crippen LogP contribution in [0.5, 0.6) is 11.5 Å². The first-order chi connectivity index (χ1) is 9.83. The third-order valence-electron chi connectivity index (χ3n) is 3.98. The van der Waals surface area contributed by atoms with Crippen LogP contribution in [-0.2, 0) is 0 Å². The van der Waals surface area contributed by atoms with Gasteiger partial charge in [-0.3, -0.25) is 0 Å². The maximum absolute atomic E-state index is 6.24. The fourth-order valence-corrected chi connectivity index (χ4v) is 2.90. The predicted molar refractivity (Wildman–Crippen MR) is 82.6 cm³/mol. The molecule has 0 aromatic heterocycles. The maximum atomic E-state index is 6.24. The van der Waals surface area contributed by atoms with Gasteiger partial charge in [0.05, 0.1) is 6.61 Å². The van der Waals surface area contributed by atoms with E-state index < -0.39 is 0 Å². The van der Waals surface area contributed by atoms with Crippen LogP contribution >= 0.6 is 0 Å².